The van der Waals surface area contributed by atoms with Gasteiger partial charge < -0.3 is 10.6 Å². The van der Waals surface area contributed by atoms with Crippen LogP contribution in [0.15, 0.2) is 36.4 Å². The smallest absolute Gasteiger partial charge is 0.271 e. The maximum absolute atomic E-state index is 13.4. The molecule has 0 saturated heterocycles. The van der Waals surface area contributed by atoms with Crippen molar-refractivity contribution in [3.63, 3.8) is 0 Å². The lowest BCUT2D eigenvalue weighted by Crippen LogP contribution is -2.30. The van der Waals surface area contributed by atoms with Crippen molar-refractivity contribution >= 4 is 28.9 Å². The molecule has 0 bridgehead atoms. The van der Waals surface area contributed by atoms with Gasteiger partial charge in [-0.3, -0.25) is 14.9 Å². The lowest BCUT2D eigenvalue weighted by Gasteiger charge is -2.10. The van der Waals surface area contributed by atoms with Gasteiger partial charge in [0.05, 0.1) is 15.6 Å². The number of non-ortho nitro benzene ring substituents is 1. The molecule has 126 valence electrons. The number of carbonyl (C=O) groups is 1. The van der Waals surface area contributed by atoms with Crippen molar-refractivity contribution in [3.8, 4) is 0 Å². The van der Waals surface area contributed by atoms with Crippen molar-refractivity contribution in [1.29, 1.82) is 0 Å². The normalized spacial score (nSPS) is 10.3. The number of benzene rings is 2. The van der Waals surface area contributed by atoms with Gasteiger partial charge in [-0.2, -0.15) is 0 Å². The molecule has 2 N–H and O–H groups in total. The Bertz CT molecular complexity index is 766. The van der Waals surface area contributed by atoms with E-state index in [2.05, 4.69) is 10.6 Å². The van der Waals surface area contributed by atoms with Crippen LogP contribution in [0.25, 0.3) is 0 Å². The van der Waals surface area contributed by atoms with Gasteiger partial charge in [0.2, 0.25) is 0 Å². The first-order chi connectivity index (χ1) is 11.4. The first-order valence-corrected chi connectivity index (χ1v) is 7.18. The summed E-state index contributed by atoms with van der Waals surface area (Å²) in [6.07, 6.45) is 0. The highest BCUT2D eigenvalue weighted by Crippen LogP contribution is 2.26. The van der Waals surface area contributed by atoms with Gasteiger partial charge in [0.1, 0.15) is 17.2 Å². The Kier molecular flexibility index (Phi) is 5.64. The second-order valence-electron chi connectivity index (χ2n) is 4.70. The number of nitrogens with one attached hydrogen (secondary N) is 2. The summed E-state index contributed by atoms with van der Waals surface area (Å²) in [6.45, 7) is 0.277. The summed E-state index contributed by atoms with van der Waals surface area (Å²) in [5.74, 6) is -2.76. The molecule has 0 spiro atoms. The van der Waals surface area contributed by atoms with Crippen LogP contribution in [0.5, 0.6) is 0 Å². The second kappa shape index (κ2) is 7.69. The van der Waals surface area contributed by atoms with E-state index < -0.39 is 28.0 Å². The average Bonchev–Trinajstić information content (AvgIpc) is 2.52. The quantitative estimate of drug-likeness (QED) is 0.472. The third kappa shape index (κ3) is 4.17. The van der Waals surface area contributed by atoms with Gasteiger partial charge in [0.25, 0.3) is 11.6 Å². The van der Waals surface area contributed by atoms with E-state index in [0.717, 1.165) is 12.1 Å². The molecule has 0 atom stereocenters. The lowest BCUT2D eigenvalue weighted by atomic mass is 10.2. The summed E-state index contributed by atoms with van der Waals surface area (Å²) in [4.78, 5) is 21.8. The number of hydrogen-bond acceptors (Lipinski definition) is 4. The summed E-state index contributed by atoms with van der Waals surface area (Å²) in [7, 11) is 0. The molecule has 24 heavy (non-hydrogen) atoms. The maximum Gasteiger partial charge on any atom is 0.271 e. The van der Waals surface area contributed by atoms with Crippen LogP contribution in [0.3, 0.4) is 0 Å². The van der Waals surface area contributed by atoms with Crippen molar-refractivity contribution in [3.05, 3.63) is 68.7 Å². The van der Waals surface area contributed by atoms with Crippen LogP contribution in [-0.2, 0) is 0 Å². The van der Waals surface area contributed by atoms with E-state index in [4.69, 9.17) is 11.6 Å². The molecule has 0 aliphatic heterocycles. The van der Waals surface area contributed by atoms with E-state index in [0.29, 0.717) is 5.69 Å². The molecule has 0 heterocycles. The van der Waals surface area contributed by atoms with E-state index in [1.165, 1.54) is 24.3 Å². The Morgan fingerprint density at radius 2 is 1.83 bits per heavy atom. The van der Waals surface area contributed by atoms with Crippen LogP contribution in [0.4, 0.5) is 20.2 Å². The van der Waals surface area contributed by atoms with E-state index in [1.807, 2.05) is 0 Å². The fourth-order valence-corrected chi connectivity index (χ4v) is 2.18. The third-order valence-corrected chi connectivity index (χ3v) is 3.39. The molecule has 6 nitrogen and oxygen atoms in total. The predicted octanol–water partition coefficient (Wildman–Crippen LogP) is 3.37. The van der Waals surface area contributed by atoms with Crippen molar-refractivity contribution in [2.75, 3.05) is 18.4 Å². The largest absolute Gasteiger partial charge is 0.382 e. The second-order valence-corrected chi connectivity index (χ2v) is 5.11. The summed E-state index contributed by atoms with van der Waals surface area (Å²) < 4.78 is 26.9. The van der Waals surface area contributed by atoms with Gasteiger partial charge in [-0.1, -0.05) is 17.7 Å². The number of halogens is 3. The standard InChI is InChI=1S/C15H12ClF2N3O3/c16-10-8-9(21(23)24)4-5-13(10)19-6-7-20-15(22)14-11(17)2-1-3-12(14)18/h1-5,8,19H,6-7H2,(H,20,22). The molecule has 2 aromatic carbocycles. The van der Waals surface area contributed by atoms with E-state index in [-0.39, 0.29) is 23.8 Å². The molecule has 1 amide bonds. The van der Waals surface area contributed by atoms with Crippen molar-refractivity contribution in [1.82, 2.24) is 5.32 Å². The zero-order valence-electron chi connectivity index (χ0n) is 12.2. The number of nitro groups is 1. The van der Waals surface area contributed by atoms with Crippen LogP contribution < -0.4 is 10.6 Å². The van der Waals surface area contributed by atoms with Gasteiger partial charge in [-0.15, -0.1) is 0 Å². The van der Waals surface area contributed by atoms with Gasteiger partial charge in [-0.25, -0.2) is 8.78 Å². The summed E-state index contributed by atoms with van der Waals surface area (Å²) >= 11 is 5.90. The minimum Gasteiger partial charge on any atom is -0.382 e. The van der Waals surface area contributed by atoms with Crippen LogP contribution in [0.2, 0.25) is 5.02 Å². The lowest BCUT2D eigenvalue weighted by molar-refractivity contribution is -0.384. The molecule has 2 rings (SSSR count). The SMILES string of the molecule is O=C(NCCNc1ccc([N+](=O)[O-])cc1Cl)c1c(F)cccc1F. The minimum absolute atomic E-state index is 0.0694. The Balaban J connectivity index is 1.89. The Morgan fingerprint density at radius 3 is 2.42 bits per heavy atom. The monoisotopic (exact) mass is 355 g/mol. The fraction of sp³-hybridized carbons (Fsp3) is 0.133. The van der Waals surface area contributed by atoms with Crippen molar-refractivity contribution in [2.45, 2.75) is 0 Å². The zero-order chi connectivity index (χ0) is 17.7. The van der Waals surface area contributed by atoms with Crippen LogP contribution in [0, 0.1) is 21.7 Å². The molecule has 0 saturated carbocycles. The number of nitrogens with zero attached hydrogens (tertiary/aromatic N) is 1. The average molecular weight is 356 g/mol. The molecule has 0 aromatic heterocycles. The van der Waals surface area contributed by atoms with Gasteiger partial charge in [0, 0.05) is 25.2 Å². The first-order valence-electron chi connectivity index (χ1n) is 6.80. The van der Waals surface area contributed by atoms with Crippen LogP contribution in [-0.4, -0.2) is 23.9 Å². The molecule has 0 aliphatic carbocycles. The molecular weight excluding hydrogens is 344 g/mol. The predicted molar refractivity (Wildman–Crippen MR) is 85.3 cm³/mol. The van der Waals surface area contributed by atoms with E-state index >= 15 is 0 Å². The van der Waals surface area contributed by atoms with Gasteiger partial charge in [0.15, 0.2) is 0 Å². The molecule has 0 radical (unpaired) electrons. The topological polar surface area (TPSA) is 84.3 Å². The van der Waals surface area contributed by atoms with Crippen molar-refractivity contribution < 1.29 is 18.5 Å². The van der Waals surface area contributed by atoms with Crippen molar-refractivity contribution in [2.24, 2.45) is 0 Å². The first kappa shape index (κ1) is 17.6. The maximum atomic E-state index is 13.4. The highest BCUT2D eigenvalue weighted by Gasteiger charge is 2.16. The van der Waals surface area contributed by atoms with E-state index in [1.54, 1.807) is 0 Å². The molecular formula is C15H12ClF2N3O3. The highest BCUT2D eigenvalue weighted by atomic mass is 35.5. The highest BCUT2D eigenvalue weighted by molar-refractivity contribution is 6.33. The Morgan fingerprint density at radius 1 is 1.17 bits per heavy atom. The number of nitro benzene ring substituents is 1. The number of hydrogen-bond donors (Lipinski definition) is 2. The number of amides is 1. The number of rotatable bonds is 6. The summed E-state index contributed by atoms with van der Waals surface area (Å²) in [5.41, 5.74) is -0.353. The van der Waals surface area contributed by atoms with E-state index in [9.17, 15) is 23.7 Å². The number of anilines is 1. The number of carbonyl (C=O) groups excluding carboxylic acids is 1. The fourth-order valence-electron chi connectivity index (χ4n) is 1.94. The minimum atomic E-state index is -0.945. The zero-order valence-corrected chi connectivity index (χ0v) is 12.9. The molecule has 0 aliphatic rings. The van der Waals surface area contributed by atoms with Crippen LogP contribution in [0.1, 0.15) is 10.4 Å². The Hall–Kier alpha value is -2.74. The molecule has 2 aromatic rings. The molecule has 0 fully saturated rings. The summed E-state index contributed by atoms with van der Waals surface area (Å²) in [5, 5.41) is 16.0. The Labute approximate surface area is 140 Å². The van der Waals surface area contributed by atoms with Crippen LogP contribution >= 0.6 is 11.6 Å². The summed E-state index contributed by atoms with van der Waals surface area (Å²) in [6, 6.07) is 7.05. The van der Waals surface area contributed by atoms with Gasteiger partial charge >= 0.3 is 0 Å². The van der Waals surface area contributed by atoms with Gasteiger partial charge in [-0.05, 0) is 18.2 Å². The third-order valence-electron chi connectivity index (χ3n) is 3.08. The molecule has 9 heteroatoms. The molecule has 0 unspecified atom stereocenters.